The summed E-state index contributed by atoms with van der Waals surface area (Å²) >= 11 is 1.49. The van der Waals surface area contributed by atoms with Gasteiger partial charge in [0, 0.05) is 55.9 Å². The molecule has 1 aromatic carbocycles. The van der Waals surface area contributed by atoms with Gasteiger partial charge in [-0.3, -0.25) is 14.9 Å². The van der Waals surface area contributed by atoms with Crippen molar-refractivity contribution in [3.63, 3.8) is 0 Å². The highest BCUT2D eigenvalue weighted by atomic mass is 32.1. The summed E-state index contributed by atoms with van der Waals surface area (Å²) in [6.07, 6.45) is 6.93. The summed E-state index contributed by atoms with van der Waals surface area (Å²) in [5.41, 5.74) is 3.07. The quantitative estimate of drug-likeness (QED) is 0.289. The Bertz CT molecular complexity index is 1450. The topological polar surface area (TPSA) is 99.6 Å². The fourth-order valence-electron chi connectivity index (χ4n) is 4.48. The normalized spacial score (nSPS) is 16.5. The highest BCUT2D eigenvalue weighted by molar-refractivity contribution is 7.22. The molecule has 1 saturated carbocycles. The van der Waals surface area contributed by atoms with Crippen LogP contribution in [-0.4, -0.2) is 51.2 Å². The molecule has 1 saturated heterocycles. The Balaban J connectivity index is 1.15. The first-order valence-corrected chi connectivity index (χ1v) is 13.6. The molecule has 1 aliphatic heterocycles. The van der Waals surface area contributed by atoms with Gasteiger partial charge in [0.25, 0.3) is 0 Å². The second-order valence-electron chi connectivity index (χ2n) is 9.81. The van der Waals surface area contributed by atoms with Gasteiger partial charge in [-0.1, -0.05) is 6.07 Å². The Kier molecular flexibility index (Phi) is 6.92. The zero-order valence-electron chi connectivity index (χ0n) is 20.7. The molecule has 2 aliphatic rings. The first kappa shape index (κ1) is 24.7. The molecule has 3 N–H and O–H groups in total. The lowest BCUT2D eigenvalue weighted by atomic mass is 10.1. The number of rotatable bonds is 7. The monoisotopic (exact) mass is 533 g/mol. The number of piperidine rings is 1. The molecule has 38 heavy (non-hydrogen) atoms. The number of anilines is 1. The van der Waals surface area contributed by atoms with Crippen LogP contribution in [0.25, 0.3) is 20.8 Å². The van der Waals surface area contributed by atoms with Gasteiger partial charge in [0.1, 0.15) is 5.75 Å². The van der Waals surface area contributed by atoms with Crippen molar-refractivity contribution in [1.82, 2.24) is 20.2 Å². The molecule has 0 bridgehead atoms. The molecule has 2 amide bonds. The molecular weight excluding hydrogens is 505 g/mol. The number of likely N-dealkylation sites (tertiary alicyclic amines) is 1. The number of fused-ring (bicyclic) bond motifs is 1. The molecule has 4 aromatic rings. The van der Waals surface area contributed by atoms with Gasteiger partial charge in [-0.2, -0.15) is 0 Å². The number of amides is 2. The summed E-state index contributed by atoms with van der Waals surface area (Å²) in [7, 11) is 0. The Morgan fingerprint density at radius 1 is 1.08 bits per heavy atom. The summed E-state index contributed by atoms with van der Waals surface area (Å²) in [6, 6.07) is 12.0. The second-order valence-corrected chi connectivity index (χ2v) is 10.9. The predicted octanol–water partition coefficient (Wildman–Crippen LogP) is 5.53. The highest BCUT2D eigenvalue weighted by Gasteiger charge is 2.23. The van der Waals surface area contributed by atoms with Crippen LogP contribution in [-0.2, 0) is 6.54 Å². The van der Waals surface area contributed by atoms with E-state index in [9.17, 15) is 14.3 Å². The molecule has 0 spiro atoms. The van der Waals surface area contributed by atoms with E-state index in [4.69, 9.17) is 4.74 Å². The van der Waals surface area contributed by atoms with Gasteiger partial charge in [-0.05, 0) is 55.5 Å². The number of thiophene rings is 1. The Labute approximate surface area is 223 Å². The van der Waals surface area contributed by atoms with Crippen LogP contribution in [0.4, 0.5) is 14.9 Å². The number of urea groups is 1. The summed E-state index contributed by atoms with van der Waals surface area (Å²) < 4.78 is 21.6. The zero-order valence-corrected chi connectivity index (χ0v) is 21.5. The molecule has 6 rings (SSSR count). The molecule has 0 unspecified atom stereocenters. The van der Waals surface area contributed by atoms with Crippen molar-refractivity contribution >= 4 is 33.3 Å². The largest absolute Gasteiger partial charge is 0.453 e. The third kappa shape index (κ3) is 5.77. The van der Waals surface area contributed by atoms with E-state index in [0.717, 1.165) is 71.7 Å². The summed E-state index contributed by atoms with van der Waals surface area (Å²) in [6.45, 7) is 2.60. The number of nitrogens with one attached hydrogen (secondary N) is 2. The number of halogens is 1. The lowest BCUT2D eigenvalue weighted by molar-refractivity contribution is 0.0792. The number of carbonyl (C=O) groups excluding carboxylic acids is 1. The molecule has 10 heteroatoms. The maximum absolute atomic E-state index is 14.8. The van der Waals surface area contributed by atoms with Crippen molar-refractivity contribution < 1.29 is 19.0 Å². The van der Waals surface area contributed by atoms with Gasteiger partial charge in [-0.15, -0.1) is 11.3 Å². The van der Waals surface area contributed by atoms with E-state index in [-0.39, 0.29) is 23.9 Å². The first-order chi connectivity index (χ1) is 18.5. The van der Waals surface area contributed by atoms with E-state index < -0.39 is 5.82 Å². The van der Waals surface area contributed by atoms with Crippen molar-refractivity contribution in [3.05, 3.63) is 66.2 Å². The second kappa shape index (κ2) is 10.6. The number of pyridine rings is 2. The van der Waals surface area contributed by atoms with E-state index in [1.165, 1.54) is 23.5 Å². The van der Waals surface area contributed by atoms with Crippen LogP contribution in [0.2, 0.25) is 0 Å². The molecule has 3 aromatic heterocycles. The predicted molar refractivity (Wildman–Crippen MR) is 145 cm³/mol. The number of aliphatic hydroxyl groups is 1. The lowest BCUT2D eigenvalue weighted by Gasteiger charge is -2.29. The van der Waals surface area contributed by atoms with Crippen LogP contribution in [0, 0.1) is 5.82 Å². The zero-order chi connectivity index (χ0) is 26.1. The van der Waals surface area contributed by atoms with Crippen molar-refractivity contribution in [2.24, 2.45) is 0 Å². The summed E-state index contributed by atoms with van der Waals surface area (Å²) in [5, 5.41) is 15.2. The van der Waals surface area contributed by atoms with Crippen molar-refractivity contribution in [2.45, 2.75) is 44.4 Å². The van der Waals surface area contributed by atoms with Gasteiger partial charge in [0.05, 0.1) is 26.9 Å². The molecule has 0 radical (unpaired) electrons. The average molecular weight is 534 g/mol. The summed E-state index contributed by atoms with van der Waals surface area (Å²) in [5.74, 6) is -0.00835. The molecular formula is C28H28FN5O3S. The maximum atomic E-state index is 14.8. The van der Waals surface area contributed by atoms with Crippen molar-refractivity contribution in [3.8, 4) is 22.1 Å². The lowest BCUT2D eigenvalue weighted by Crippen LogP contribution is -2.35. The van der Waals surface area contributed by atoms with E-state index in [2.05, 4.69) is 31.6 Å². The molecule has 2 fully saturated rings. The molecule has 0 atom stereocenters. The highest BCUT2D eigenvalue weighted by Crippen LogP contribution is 2.39. The van der Waals surface area contributed by atoms with Gasteiger partial charge < -0.3 is 20.5 Å². The van der Waals surface area contributed by atoms with E-state index in [0.29, 0.717) is 11.4 Å². The van der Waals surface area contributed by atoms with Gasteiger partial charge in [0.15, 0.2) is 11.6 Å². The Morgan fingerprint density at radius 2 is 1.92 bits per heavy atom. The fraction of sp³-hybridized carbons (Fsp3) is 0.321. The van der Waals surface area contributed by atoms with Crippen LogP contribution in [0.15, 0.2) is 54.9 Å². The first-order valence-electron chi connectivity index (χ1n) is 12.8. The number of ether oxygens (including phenoxy) is 1. The maximum Gasteiger partial charge on any atom is 0.319 e. The van der Waals surface area contributed by atoms with Crippen LogP contribution in [0.5, 0.6) is 11.5 Å². The number of aliphatic hydroxyl groups excluding tert-OH is 1. The standard InChI is InChI=1S/C28H28FN5O3S/c29-21-13-19(33-28(36)32-18-2-3-18)4-6-24(21)37-25-7-10-30-23-14-26(38-27(23)25)22-5-1-17(15-31-22)16-34-11-8-20(35)9-12-34/h1,4-7,10,13-15,18,20,35H,2-3,8-9,11-12,16H2,(H2,32,33,36). The summed E-state index contributed by atoms with van der Waals surface area (Å²) in [4.78, 5) is 24.3. The fourth-order valence-corrected chi connectivity index (χ4v) is 5.52. The van der Waals surface area contributed by atoms with Crippen LogP contribution in [0.3, 0.4) is 0 Å². The van der Waals surface area contributed by atoms with E-state index in [1.54, 1.807) is 18.3 Å². The minimum atomic E-state index is -0.573. The van der Waals surface area contributed by atoms with E-state index >= 15 is 0 Å². The average Bonchev–Trinajstić information content (AvgIpc) is 3.61. The third-order valence-corrected chi connectivity index (χ3v) is 7.90. The molecule has 1 aliphatic carbocycles. The number of hydrogen-bond donors (Lipinski definition) is 3. The van der Waals surface area contributed by atoms with Crippen LogP contribution >= 0.6 is 11.3 Å². The Hall–Kier alpha value is -3.60. The minimum Gasteiger partial charge on any atom is -0.453 e. The van der Waals surface area contributed by atoms with E-state index in [1.807, 2.05) is 18.3 Å². The molecule has 4 heterocycles. The minimum absolute atomic E-state index is 0.0633. The number of aromatic nitrogens is 2. The number of nitrogens with zero attached hydrogens (tertiary/aromatic N) is 3. The number of hydrogen-bond acceptors (Lipinski definition) is 7. The van der Waals surface area contributed by atoms with Gasteiger partial charge in [0.2, 0.25) is 0 Å². The van der Waals surface area contributed by atoms with Crippen molar-refractivity contribution in [1.29, 1.82) is 0 Å². The number of carbonyl (C=O) groups is 1. The van der Waals surface area contributed by atoms with Gasteiger partial charge in [-0.25, -0.2) is 9.18 Å². The molecule has 196 valence electrons. The van der Waals surface area contributed by atoms with Crippen molar-refractivity contribution in [2.75, 3.05) is 18.4 Å². The van der Waals surface area contributed by atoms with Gasteiger partial charge >= 0.3 is 6.03 Å². The number of benzene rings is 1. The SMILES string of the molecule is O=C(Nc1ccc(Oc2ccnc3cc(-c4ccc(CN5CCC(O)CC5)cn4)sc23)c(F)c1)NC1CC1. The smallest absolute Gasteiger partial charge is 0.319 e. The third-order valence-electron chi connectivity index (χ3n) is 6.74. The molecule has 8 nitrogen and oxygen atoms in total. The van der Waals surface area contributed by atoms with Crippen LogP contribution in [0.1, 0.15) is 31.2 Å². The Morgan fingerprint density at radius 3 is 2.66 bits per heavy atom. The van der Waals surface area contributed by atoms with Crippen LogP contribution < -0.4 is 15.4 Å².